The van der Waals surface area contributed by atoms with Gasteiger partial charge in [0, 0.05) is 23.8 Å². The molecule has 0 fully saturated rings. The van der Waals surface area contributed by atoms with Crippen molar-refractivity contribution in [3.63, 3.8) is 0 Å². The number of ether oxygens (including phenoxy) is 2. The predicted molar refractivity (Wildman–Crippen MR) is 234 cm³/mol. The predicted octanol–water partition coefficient (Wildman–Crippen LogP) is 10.6. The second-order valence-electron chi connectivity index (χ2n) is 15.5. The van der Waals surface area contributed by atoms with Gasteiger partial charge in [-0.2, -0.15) is 0 Å². The zero-order valence-electron chi connectivity index (χ0n) is 35.5. The zero-order valence-corrected chi connectivity index (χ0v) is 36.3. The highest BCUT2D eigenvalue weighted by Crippen LogP contribution is 2.22. The third kappa shape index (κ3) is 36.0. The Kier molecular flexibility index (Phi) is 37.7. The molecule has 0 heterocycles. The Balaban J connectivity index is 4.40. The molecule has 0 aliphatic heterocycles. The Bertz CT molecular complexity index is 1080. The Hall–Kier alpha value is -2.40. The number of esters is 2. The third-order valence-corrected chi connectivity index (χ3v) is 11.0. The smallest absolute Gasteiger partial charge is 0.324 e. The topological polar surface area (TPSA) is 156 Å². The van der Waals surface area contributed by atoms with E-state index in [-0.39, 0.29) is 37.6 Å². The van der Waals surface area contributed by atoms with Crippen LogP contribution in [0.25, 0.3) is 0 Å². The SMILES string of the molecule is CCCCC/C=C\C\C=C/C=C/C=C/[C@@H](SC[C@H](N)C(=O)O[C@@H](CO)COC(=O)CCCCCCCCCCCCCCCCC(C)C)[C@@H](O)CCCC(=O)O. The largest absolute Gasteiger partial charge is 0.481 e. The van der Waals surface area contributed by atoms with Crippen LogP contribution >= 0.6 is 11.8 Å². The first-order valence-electron chi connectivity index (χ1n) is 22.0. The second kappa shape index (κ2) is 39.4. The van der Waals surface area contributed by atoms with Crippen molar-refractivity contribution in [3.8, 4) is 0 Å². The van der Waals surface area contributed by atoms with E-state index in [9.17, 15) is 24.6 Å². The van der Waals surface area contributed by atoms with Gasteiger partial charge in [-0.05, 0) is 44.4 Å². The minimum Gasteiger partial charge on any atom is -0.481 e. The van der Waals surface area contributed by atoms with Crippen LogP contribution in [0.5, 0.6) is 0 Å². The standard InChI is InChI=1S/C46H81NO8S/c1-4-5-6-7-8-9-10-16-19-22-25-28-33-43(42(49)32-30-34-44(50)51)56-38-41(47)46(53)55-40(36-48)37-54-45(52)35-29-26-23-20-17-14-12-11-13-15-18-21-24-27-31-39(2)3/h8-9,16,19,22,25,28,33,39-43,48-49H,4-7,10-15,17-18,20-21,23-24,26-27,29-32,34-38,47H2,1-3H3,(H,50,51)/b9-8-,19-16-,25-22+,33-28+/t40-,41-,42-,43+/m0/s1. The fourth-order valence-electron chi connectivity index (χ4n) is 6.05. The lowest BCUT2D eigenvalue weighted by molar-refractivity contribution is -0.162. The molecule has 0 bridgehead atoms. The Morgan fingerprint density at radius 1 is 0.714 bits per heavy atom. The molecule has 324 valence electrons. The molecule has 0 saturated heterocycles. The molecule has 0 aliphatic rings. The number of carbonyl (C=O) groups excluding carboxylic acids is 2. The number of aliphatic carboxylic acids is 1. The van der Waals surface area contributed by atoms with E-state index in [2.05, 4.69) is 39.0 Å². The zero-order chi connectivity index (χ0) is 41.5. The van der Waals surface area contributed by atoms with Gasteiger partial charge in [0.1, 0.15) is 12.6 Å². The molecule has 56 heavy (non-hydrogen) atoms. The van der Waals surface area contributed by atoms with Crippen molar-refractivity contribution < 1.29 is 39.2 Å². The minimum absolute atomic E-state index is 0.0476. The number of nitrogens with two attached hydrogens (primary N) is 1. The van der Waals surface area contributed by atoms with Crippen LogP contribution in [-0.4, -0.2) is 75.7 Å². The normalized spacial score (nSPS) is 14.3. The summed E-state index contributed by atoms with van der Waals surface area (Å²) in [6.07, 6.45) is 39.1. The van der Waals surface area contributed by atoms with Crippen molar-refractivity contribution in [2.45, 2.75) is 198 Å². The summed E-state index contributed by atoms with van der Waals surface area (Å²) in [5.74, 6) is -1.10. The van der Waals surface area contributed by atoms with Gasteiger partial charge in [-0.15, -0.1) is 11.8 Å². The van der Waals surface area contributed by atoms with Crippen molar-refractivity contribution in [3.05, 3.63) is 48.6 Å². The summed E-state index contributed by atoms with van der Waals surface area (Å²) in [6.45, 7) is 6.03. The highest BCUT2D eigenvalue weighted by Gasteiger charge is 2.24. The number of unbranched alkanes of at least 4 members (excludes halogenated alkanes) is 16. The molecule has 0 spiro atoms. The highest BCUT2D eigenvalue weighted by atomic mass is 32.2. The lowest BCUT2D eigenvalue weighted by atomic mass is 10.0. The van der Waals surface area contributed by atoms with Gasteiger partial charge in [-0.3, -0.25) is 14.4 Å². The summed E-state index contributed by atoms with van der Waals surface area (Å²) >= 11 is 1.27. The van der Waals surface area contributed by atoms with Crippen LogP contribution in [0.4, 0.5) is 0 Å². The van der Waals surface area contributed by atoms with E-state index in [1.807, 2.05) is 30.4 Å². The fourth-order valence-corrected chi connectivity index (χ4v) is 7.17. The number of hydrogen-bond donors (Lipinski definition) is 4. The second-order valence-corrected chi connectivity index (χ2v) is 16.7. The quantitative estimate of drug-likeness (QED) is 0.0204. The van der Waals surface area contributed by atoms with Gasteiger partial charge in [0.25, 0.3) is 0 Å². The number of aliphatic hydroxyl groups excluding tert-OH is 2. The maximum absolute atomic E-state index is 12.7. The summed E-state index contributed by atoms with van der Waals surface area (Å²) in [6, 6.07) is -1.05. The summed E-state index contributed by atoms with van der Waals surface area (Å²) < 4.78 is 10.6. The third-order valence-electron chi connectivity index (χ3n) is 9.55. The number of allylic oxidation sites excluding steroid dienone is 7. The van der Waals surface area contributed by atoms with Gasteiger partial charge < -0.3 is 30.5 Å². The molecule has 5 N–H and O–H groups in total. The monoisotopic (exact) mass is 808 g/mol. The summed E-state index contributed by atoms with van der Waals surface area (Å²) in [5.41, 5.74) is 6.11. The summed E-state index contributed by atoms with van der Waals surface area (Å²) in [4.78, 5) is 36.0. The molecule has 0 amide bonds. The van der Waals surface area contributed by atoms with Crippen LogP contribution in [0.1, 0.15) is 175 Å². The van der Waals surface area contributed by atoms with E-state index in [1.54, 1.807) is 0 Å². The number of aliphatic hydroxyl groups is 2. The van der Waals surface area contributed by atoms with Crippen LogP contribution in [-0.2, 0) is 23.9 Å². The average molecular weight is 808 g/mol. The van der Waals surface area contributed by atoms with Crippen LogP contribution < -0.4 is 5.73 Å². The highest BCUT2D eigenvalue weighted by molar-refractivity contribution is 8.00. The van der Waals surface area contributed by atoms with Crippen LogP contribution in [0.15, 0.2) is 48.6 Å². The molecule has 0 unspecified atom stereocenters. The average Bonchev–Trinajstić information content (AvgIpc) is 3.17. The van der Waals surface area contributed by atoms with E-state index in [0.717, 1.165) is 38.0 Å². The van der Waals surface area contributed by atoms with E-state index in [4.69, 9.17) is 20.3 Å². The number of carbonyl (C=O) groups is 3. The van der Waals surface area contributed by atoms with Crippen molar-refractivity contribution in [2.24, 2.45) is 11.7 Å². The lowest BCUT2D eigenvalue weighted by Crippen LogP contribution is -2.40. The van der Waals surface area contributed by atoms with Gasteiger partial charge in [0.2, 0.25) is 0 Å². The van der Waals surface area contributed by atoms with Gasteiger partial charge in [0.05, 0.1) is 12.7 Å². The molecule has 0 aromatic heterocycles. The van der Waals surface area contributed by atoms with Crippen molar-refractivity contribution in [1.82, 2.24) is 0 Å². The number of carboxylic acid groups (broad SMARTS) is 1. The molecule has 0 aromatic carbocycles. The van der Waals surface area contributed by atoms with Gasteiger partial charge >= 0.3 is 17.9 Å². The first-order valence-corrected chi connectivity index (χ1v) is 23.0. The van der Waals surface area contributed by atoms with Crippen LogP contribution in [0, 0.1) is 5.92 Å². The Morgan fingerprint density at radius 2 is 1.32 bits per heavy atom. The van der Waals surface area contributed by atoms with Crippen molar-refractivity contribution in [1.29, 1.82) is 0 Å². The number of rotatable bonds is 39. The molecule has 0 radical (unpaired) electrons. The lowest BCUT2D eigenvalue weighted by Gasteiger charge is -2.22. The molecule has 0 aromatic rings. The van der Waals surface area contributed by atoms with E-state index < -0.39 is 42.0 Å². The van der Waals surface area contributed by atoms with Gasteiger partial charge in [-0.1, -0.05) is 172 Å². The molecule has 0 rings (SSSR count). The number of carboxylic acids is 1. The molecule has 0 aliphatic carbocycles. The first-order chi connectivity index (χ1) is 27.1. The van der Waals surface area contributed by atoms with Crippen molar-refractivity contribution >= 4 is 29.7 Å². The van der Waals surface area contributed by atoms with Crippen molar-refractivity contribution in [2.75, 3.05) is 19.0 Å². The van der Waals surface area contributed by atoms with Gasteiger partial charge in [-0.25, -0.2) is 0 Å². The summed E-state index contributed by atoms with van der Waals surface area (Å²) in [5, 5.41) is 29.1. The molecule has 4 atom stereocenters. The van der Waals surface area contributed by atoms with Gasteiger partial charge in [0.15, 0.2) is 6.10 Å². The fraction of sp³-hybridized carbons (Fsp3) is 0.761. The molecule has 9 nitrogen and oxygen atoms in total. The Labute approximate surface area is 345 Å². The van der Waals surface area contributed by atoms with E-state index in [1.165, 1.54) is 108 Å². The Morgan fingerprint density at radius 3 is 1.91 bits per heavy atom. The van der Waals surface area contributed by atoms with Crippen LogP contribution in [0.3, 0.4) is 0 Å². The van der Waals surface area contributed by atoms with E-state index >= 15 is 0 Å². The molecular weight excluding hydrogens is 727 g/mol. The van der Waals surface area contributed by atoms with Crippen LogP contribution in [0.2, 0.25) is 0 Å². The number of thioether (sulfide) groups is 1. The molecule has 0 saturated carbocycles. The minimum atomic E-state index is -1.05. The molecule has 10 heteroatoms. The first kappa shape index (κ1) is 53.6. The van der Waals surface area contributed by atoms with E-state index in [0.29, 0.717) is 6.42 Å². The summed E-state index contributed by atoms with van der Waals surface area (Å²) in [7, 11) is 0. The number of hydrogen-bond acceptors (Lipinski definition) is 9. The molecular formula is C46H81NO8S. The maximum atomic E-state index is 12.7. The maximum Gasteiger partial charge on any atom is 0.324 e.